The Bertz CT molecular complexity index is 1310. The molecule has 0 saturated heterocycles. The number of hydrogen-bond donors (Lipinski definition) is 2. The van der Waals surface area contributed by atoms with Gasteiger partial charge in [0.05, 0.1) is 17.9 Å². The average Bonchev–Trinajstić information content (AvgIpc) is 3.25. The van der Waals surface area contributed by atoms with E-state index in [1.807, 2.05) is 61.5 Å². The first-order valence-electron chi connectivity index (χ1n) is 10.5. The maximum Gasteiger partial charge on any atom is 0.254 e. The van der Waals surface area contributed by atoms with Crippen molar-refractivity contribution in [1.29, 1.82) is 0 Å². The number of amides is 2. The molecule has 0 spiro atoms. The Morgan fingerprint density at radius 3 is 2.50 bits per heavy atom. The summed E-state index contributed by atoms with van der Waals surface area (Å²) in [6.45, 7) is 1.99. The largest absolute Gasteiger partial charge is 0.345 e. The van der Waals surface area contributed by atoms with E-state index in [4.69, 9.17) is 0 Å². The second kappa shape index (κ2) is 10.8. The van der Waals surface area contributed by atoms with Crippen LogP contribution in [0.25, 0.3) is 5.69 Å². The van der Waals surface area contributed by atoms with Crippen LogP contribution in [0.3, 0.4) is 0 Å². The molecule has 0 saturated carbocycles. The predicted octanol–water partition coefficient (Wildman–Crippen LogP) is 4.38. The molecule has 9 heteroatoms. The van der Waals surface area contributed by atoms with Gasteiger partial charge in [0.25, 0.3) is 5.91 Å². The van der Waals surface area contributed by atoms with Crippen molar-refractivity contribution in [3.8, 4) is 5.69 Å². The smallest absolute Gasteiger partial charge is 0.254 e. The Kier molecular flexibility index (Phi) is 7.34. The van der Waals surface area contributed by atoms with E-state index in [9.17, 15) is 14.0 Å². The number of benzene rings is 3. The molecule has 34 heavy (non-hydrogen) atoms. The van der Waals surface area contributed by atoms with Gasteiger partial charge in [-0.25, -0.2) is 4.39 Å². The van der Waals surface area contributed by atoms with Gasteiger partial charge in [0, 0.05) is 11.4 Å². The van der Waals surface area contributed by atoms with Crippen LogP contribution < -0.4 is 10.6 Å². The molecule has 4 rings (SSSR count). The zero-order valence-corrected chi connectivity index (χ0v) is 19.2. The standard InChI is InChI=1S/C25H22FN5O2S/c1-17-8-7-9-18(14-17)28-23(32)16-34-25-30-29-22(31(25)19-10-3-2-4-11-19)15-27-24(33)20-12-5-6-13-21(20)26/h2-14H,15-16H2,1H3,(H,27,33)(H,28,32). The first kappa shape index (κ1) is 23.2. The van der Waals surface area contributed by atoms with Crippen LogP contribution in [0.5, 0.6) is 0 Å². The summed E-state index contributed by atoms with van der Waals surface area (Å²) in [6, 6.07) is 22.7. The fourth-order valence-electron chi connectivity index (χ4n) is 3.29. The third-order valence-corrected chi connectivity index (χ3v) is 5.80. The highest BCUT2D eigenvalue weighted by molar-refractivity contribution is 7.99. The summed E-state index contributed by atoms with van der Waals surface area (Å²) in [6.07, 6.45) is 0. The molecule has 1 aromatic heterocycles. The third kappa shape index (κ3) is 5.68. The summed E-state index contributed by atoms with van der Waals surface area (Å²) < 4.78 is 15.7. The van der Waals surface area contributed by atoms with Gasteiger partial charge >= 0.3 is 0 Å². The molecule has 7 nitrogen and oxygen atoms in total. The zero-order chi connectivity index (χ0) is 23.9. The Morgan fingerprint density at radius 1 is 0.971 bits per heavy atom. The van der Waals surface area contributed by atoms with E-state index in [1.165, 1.54) is 30.0 Å². The number of rotatable bonds is 8. The topological polar surface area (TPSA) is 88.9 Å². The first-order valence-corrected chi connectivity index (χ1v) is 11.5. The number of anilines is 1. The van der Waals surface area contributed by atoms with Crippen molar-refractivity contribution in [3.63, 3.8) is 0 Å². The molecular formula is C25H22FN5O2S. The summed E-state index contributed by atoms with van der Waals surface area (Å²) in [5, 5.41) is 14.5. The van der Waals surface area contributed by atoms with E-state index in [0.29, 0.717) is 11.0 Å². The number of nitrogens with zero attached hydrogens (tertiary/aromatic N) is 3. The maximum atomic E-state index is 13.9. The Hall–Kier alpha value is -3.98. The fourth-order valence-corrected chi connectivity index (χ4v) is 4.07. The molecule has 0 aliphatic rings. The maximum absolute atomic E-state index is 13.9. The number of thioether (sulfide) groups is 1. The minimum Gasteiger partial charge on any atom is -0.345 e. The fraction of sp³-hybridized carbons (Fsp3) is 0.120. The lowest BCUT2D eigenvalue weighted by molar-refractivity contribution is -0.113. The molecular weight excluding hydrogens is 453 g/mol. The lowest BCUT2D eigenvalue weighted by Crippen LogP contribution is -2.25. The van der Waals surface area contributed by atoms with Gasteiger partial charge in [-0.1, -0.05) is 54.2 Å². The number of hydrogen-bond acceptors (Lipinski definition) is 5. The molecule has 4 aromatic rings. The quantitative estimate of drug-likeness (QED) is 0.369. The van der Waals surface area contributed by atoms with Crippen molar-refractivity contribution >= 4 is 29.3 Å². The number of carbonyl (C=O) groups excluding carboxylic acids is 2. The SMILES string of the molecule is Cc1cccc(NC(=O)CSc2nnc(CNC(=O)c3ccccc3F)n2-c2ccccc2)c1. The van der Waals surface area contributed by atoms with Gasteiger partial charge in [0.15, 0.2) is 11.0 Å². The number of nitrogens with one attached hydrogen (secondary N) is 2. The summed E-state index contributed by atoms with van der Waals surface area (Å²) in [7, 11) is 0. The second-order valence-corrected chi connectivity index (χ2v) is 8.38. The normalized spacial score (nSPS) is 10.6. The molecule has 0 unspecified atom stereocenters. The molecule has 0 atom stereocenters. The monoisotopic (exact) mass is 475 g/mol. The van der Waals surface area contributed by atoms with Crippen molar-refractivity contribution < 1.29 is 14.0 Å². The minimum absolute atomic E-state index is 0.0328. The molecule has 1 heterocycles. The number of para-hydroxylation sites is 1. The van der Waals surface area contributed by atoms with Crippen molar-refractivity contribution in [2.24, 2.45) is 0 Å². The van der Waals surface area contributed by atoms with Crippen molar-refractivity contribution in [2.75, 3.05) is 11.1 Å². The highest BCUT2D eigenvalue weighted by atomic mass is 32.2. The number of aryl methyl sites for hydroxylation is 1. The zero-order valence-electron chi connectivity index (χ0n) is 18.4. The van der Waals surface area contributed by atoms with Gasteiger partial charge in [-0.3, -0.25) is 14.2 Å². The predicted molar refractivity (Wildman–Crippen MR) is 129 cm³/mol. The van der Waals surface area contributed by atoms with E-state index in [0.717, 1.165) is 16.9 Å². The second-order valence-electron chi connectivity index (χ2n) is 7.44. The van der Waals surface area contributed by atoms with Crippen LogP contribution >= 0.6 is 11.8 Å². The molecule has 0 aliphatic carbocycles. The first-order chi connectivity index (χ1) is 16.5. The van der Waals surface area contributed by atoms with E-state index in [1.54, 1.807) is 10.6 Å². The third-order valence-electron chi connectivity index (χ3n) is 4.87. The van der Waals surface area contributed by atoms with Crippen LogP contribution in [-0.2, 0) is 11.3 Å². The molecule has 0 radical (unpaired) electrons. The van der Waals surface area contributed by atoms with Crippen LogP contribution in [0.15, 0.2) is 84.0 Å². The van der Waals surface area contributed by atoms with Crippen molar-refractivity contribution in [3.05, 3.63) is 102 Å². The Morgan fingerprint density at radius 2 is 1.74 bits per heavy atom. The van der Waals surface area contributed by atoms with E-state index >= 15 is 0 Å². The molecule has 2 N–H and O–H groups in total. The van der Waals surface area contributed by atoms with E-state index < -0.39 is 11.7 Å². The number of carbonyl (C=O) groups is 2. The van der Waals surface area contributed by atoms with Crippen LogP contribution in [0.4, 0.5) is 10.1 Å². The lowest BCUT2D eigenvalue weighted by Gasteiger charge is -2.11. The lowest BCUT2D eigenvalue weighted by atomic mass is 10.2. The van der Waals surface area contributed by atoms with Crippen molar-refractivity contribution in [2.45, 2.75) is 18.6 Å². The van der Waals surface area contributed by atoms with Gasteiger partial charge < -0.3 is 10.6 Å². The van der Waals surface area contributed by atoms with E-state index in [-0.39, 0.29) is 23.8 Å². The number of aromatic nitrogens is 3. The molecule has 172 valence electrons. The highest BCUT2D eigenvalue weighted by Crippen LogP contribution is 2.22. The summed E-state index contributed by atoms with van der Waals surface area (Å²) in [5.41, 5.74) is 2.52. The van der Waals surface area contributed by atoms with Gasteiger partial charge in [0.1, 0.15) is 5.82 Å². The molecule has 3 aromatic carbocycles. The summed E-state index contributed by atoms with van der Waals surface area (Å²) in [5.74, 6) is -0.738. The molecule has 0 aliphatic heterocycles. The highest BCUT2D eigenvalue weighted by Gasteiger charge is 2.18. The van der Waals surface area contributed by atoms with Gasteiger partial charge in [-0.2, -0.15) is 0 Å². The average molecular weight is 476 g/mol. The van der Waals surface area contributed by atoms with Gasteiger partial charge in [-0.05, 0) is 48.9 Å². The van der Waals surface area contributed by atoms with Gasteiger partial charge in [0.2, 0.25) is 5.91 Å². The Balaban J connectivity index is 1.49. The van der Waals surface area contributed by atoms with Gasteiger partial charge in [-0.15, -0.1) is 10.2 Å². The van der Waals surface area contributed by atoms with Crippen LogP contribution in [0, 0.1) is 12.7 Å². The molecule has 0 fully saturated rings. The molecule has 0 bridgehead atoms. The van der Waals surface area contributed by atoms with Crippen molar-refractivity contribution in [1.82, 2.24) is 20.1 Å². The van der Waals surface area contributed by atoms with Crippen LogP contribution in [0.2, 0.25) is 0 Å². The molecule has 2 amide bonds. The summed E-state index contributed by atoms with van der Waals surface area (Å²) in [4.78, 5) is 24.9. The van der Waals surface area contributed by atoms with Crippen LogP contribution in [0.1, 0.15) is 21.7 Å². The Labute approximate surface area is 200 Å². The summed E-state index contributed by atoms with van der Waals surface area (Å²) >= 11 is 1.23. The van der Waals surface area contributed by atoms with Crippen LogP contribution in [-0.4, -0.2) is 32.3 Å². The minimum atomic E-state index is -0.597. The number of halogens is 1. The van der Waals surface area contributed by atoms with E-state index in [2.05, 4.69) is 20.8 Å².